The number of carbonyl (C=O) groups excluding carboxylic acids is 1. The minimum Gasteiger partial charge on any atom is -0.805 e. The van der Waals surface area contributed by atoms with E-state index in [1.54, 1.807) is 12.1 Å². The molecule has 1 heterocycles. The van der Waals surface area contributed by atoms with Crippen LogP contribution in [-0.2, 0) is 6.61 Å². The van der Waals surface area contributed by atoms with Gasteiger partial charge in [0.2, 0.25) is 0 Å². The van der Waals surface area contributed by atoms with Crippen molar-refractivity contribution in [3.63, 3.8) is 0 Å². The van der Waals surface area contributed by atoms with Gasteiger partial charge in [0.15, 0.2) is 0 Å². The summed E-state index contributed by atoms with van der Waals surface area (Å²) < 4.78 is 0.666. The zero-order valence-electron chi connectivity index (χ0n) is 10.4. The van der Waals surface area contributed by atoms with E-state index >= 15 is 0 Å². The van der Waals surface area contributed by atoms with Crippen molar-refractivity contribution in [1.29, 1.82) is 0 Å². The lowest BCUT2D eigenvalue weighted by Crippen LogP contribution is -2.38. The van der Waals surface area contributed by atoms with Crippen LogP contribution in [0.2, 0.25) is 0 Å². The van der Waals surface area contributed by atoms with E-state index in [4.69, 9.17) is 5.11 Å². The van der Waals surface area contributed by atoms with Crippen LogP contribution in [0.5, 0.6) is 0 Å². The first kappa shape index (κ1) is 14.0. The first-order valence-corrected chi connectivity index (χ1v) is 5.88. The standard InChI is InChI=1S/C12H13N3O5/c16-6-5-13-12(18)11-10(7-17)14(19)8-3-1-2-4-9(8)15(11)20/h1-4,16-17H,5-7H2,(H,13,18). The maximum atomic E-state index is 12.2. The van der Waals surface area contributed by atoms with Gasteiger partial charge in [-0.15, -0.1) is 0 Å². The summed E-state index contributed by atoms with van der Waals surface area (Å²) in [5, 5.41) is 32.3. The molecule has 0 saturated heterocycles. The number of benzene rings is 1. The minimum atomic E-state index is -0.826. The molecule has 3 N–H and O–H groups in total. The number of fused-ring (bicyclic) bond motifs is 1. The monoisotopic (exact) mass is 279 g/mol. The molecule has 106 valence electrons. The van der Waals surface area contributed by atoms with E-state index in [1.807, 2.05) is 0 Å². The summed E-state index contributed by atoms with van der Waals surface area (Å²) in [6.45, 7) is -1.11. The Morgan fingerprint density at radius 3 is 2.70 bits per heavy atom. The van der Waals surface area contributed by atoms with Crippen LogP contribution in [0.3, 0.4) is 0 Å². The Kier molecular flexibility index (Phi) is 3.97. The molecule has 1 aromatic heterocycles. The van der Waals surface area contributed by atoms with E-state index in [9.17, 15) is 20.0 Å². The van der Waals surface area contributed by atoms with Gasteiger partial charge in [-0.2, -0.15) is 0 Å². The van der Waals surface area contributed by atoms with E-state index in [0.29, 0.717) is 9.16 Å². The van der Waals surface area contributed by atoms with Gasteiger partial charge in [0.05, 0.1) is 17.6 Å². The fraction of sp³-hybridized carbons (Fsp3) is 0.250. The summed E-state index contributed by atoms with van der Waals surface area (Å²) >= 11 is 0. The summed E-state index contributed by atoms with van der Waals surface area (Å²) in [6, 6.07) is 5.96. The maximum absolute atomic E-state index is 12.2. The molecule has 0 atom stereocenters. The number of hydrogen-bond donors (Lipinski definition) is 3. The second-order valence-electron chi connectivity index (χ2n) is 4.01. The van der Waals surface area contributed by atoms with Crippen molar-refractivity contribution in [2.45, 2.75) is 6.61 Å². The molecule has 0 aliphatic rings. The summed E-state index contributed by atoms with van der Waals surface area (Å²) in [5.41, 5.74) is -0.733. The second kappa shape index (κ2) is 5.68. The SMILES string of the molecule is O=C(NCCO)c1c(CO)n([O-])c2ccccc2[n+]1=O. The molecule has 0 saturated carbocycles. The number of nitrogens with one attached hydrogen (secondary N) is 1. The maximum Gasteiger partial charge on any atom is 0.349 e. The number of rotatable bonds is 4. The molecule has 0 spiro atoms. The molecular formula is C12H13N3O5. The first-order chi connectivity index (χ1) is 9.61. The Morgan fingerprint density at radius 1 is 1.35 bits per heavy atom. The number of hydrogen-bond acceptors (Lipinski definition) is 5. The lowest BCUT2D eigenvalue weighted by molar-refractivity contribution is -0.468. The topological polar surface area (TPSA) is 121 Å². The molecular weight excluding hydrogens is 266 g/mol. The van der Waals surface area contributed by atoms with Crippen molar-refractivity contribution in [2.24, 2.45) is 0 Å². The summed E-state index contributed by atoms with van der Waals surface area (Å²) in [5.74, 6) is -0.826. The quantitative estimate of drug-likeness (QED) is 0.627. The molecule has 0 bridgehead atoms. The van der Waals surface area contributed by atoms with Gasteiger partial charge in [0.1, 0.15) is 11.2 Å². The van der Waals surface area contributed by atoms with E-state index in [0.717, 1.165) is 0 Å². The highest BCUT2D eigenvalue weighted by Crippen LogP contribution is 2.14. The summed E-state index contributed by atoms with van der Waals surface area (Å²) in [4.78, 5) is 24.1. The van der Waals surface area contributed by atoms with Crippen molar-refractivity contribution in [2.75, 3.05) is 13.2 Å². The van der Waals surface area contributed by atoms with E-state index in [1.165, 1.54) is 12.1 Å². The Bertz CT molecular complexity index is 710. The summed E-state index contributed by atoms with van der Waals surface area (Å²) in [6.07, 6.45) is 0. The number of amides is 1. The van der Waals surface area contributed by atoms with Gasteiger partial charge in [0.25, 0.3) is 5.52 Å². The number of nitrogens with zero attached hydrogens (tertiary/aromatic N) is 2. The molecule has 0 aliphatic heterocycles. The van der Waals surface area contributed by atoms with E-state index in [2.05, 4.69) is 5.32 Å². The number of aromatic nitrogens is 2. The molecule has 0 unspecified atom stereocenters. The Labute approximate surface area is 113 Å². The summed E-state index contributed by atoms with van der Waals surface area (Å²) in [7, 11) is 0. The van der Waals surface area contributed by atoms with Crippen LogP contribution >= 0.6 is 0 Å². The minimum absolute atomic E-state index is 0.0221. The average Bonchev–Trinajstić information content (AvgIpc) is 2.48. The molecule has 1 amide bonds. The first-order valence-electron chi connectivity index (χ1n) is 5.88. The van der Waals surface area contributed by atoms with E-state index < -0.39 is 18.2 Å². The van der Waals surface area contributed by atoms with E-state index in [-0.39, 0.29) is 29.9 Å². The third-order valence-electron chi connectivity index (χ3n) is 2.80. The highest BCUT2D eigenvalue weighted by Gasteiger charge is 2.28. The smallest absolute Gasteiger partial charge is 0.349 e. The Balaban J connectivity index is 2.73. The molecule has 2 aromatic rings. The van der Waals surface area contributed by atoms with Crippen LogP contribution in [0.1, 0.15) is 16.2 Å². The fourth-order valence-electron chi connectivity index (χ4n) is 1.90. The molecule has 2 rings (SSSR count). The zero-order valence-corrected chi connectivity index (χ0v) is 10.4. The third-order valence-corrected chi connectivity index (χ3v) is 2.80. The highest BCUT2D eigenvalue weighted by atomic mass is 16.5. The number of aliphatic hydroxyl groups excluding tert-OH is 2. The lowest BCUT2D eigenvalue weighted by Gasteiger charge is -2.17. The molecule has 0 aliphatic carbocycles. The van der Waals surface area contributed by atoms with Gasteiger partial charge in [-0.1, -0.05) is 12.1 Å². The van der Waals surface area contributed by atoms with Crippen molar-refractivity contribution in [3.05, 3.63) is 45.8 Å². The molecule has 1 aromatic carbocycles. The lowest BCUT2D eigenvalue weighted by atomic mass is 10.2. The van der Waals surface area contributed by atoms with Gasteiger partial charge in [0, 0.05) is 17.5 Å². The number of aliphatic hydroxyl groups is 2. The average molecular weight is 279 g/mol. The third kappa shape index (κ3) is 2.22. The zero-order chi connectivity index (χ0) is 14.7. The Morgan fingerprint density at radius 2 is 2.05 bits per heavy atom. The van der Waals surface area contributed by atoms with Crippen LogP contribution in [0.4, 0.5) is 0 Å². The highest BCUT2D eigenvalue weighted by molar-refractivity contribution is 5.93. The van der Waals surface area contributed by atoms with Crippen molar-refractivity contribution in [1.82, 2.24) is 10.0 Å². The van der Waals surface area contributed by atoms with Crippen molar-refractivity contribution in [3.8, 4) is 0 Å². The van der Waals surface area contributed by atoms with Crippen LogP contribution in [0.25, 0.3) is 11.0 Å². The molecule has 0 fully saturated rings. The van der Waals surface area contributed by atoms with Gasteiger partial charge in [-0.3, -0.25) is 4.79 Å². The Hall–Kier alpha value is -2.45. The predicted octanol–water partition coefficient (Wildman–Crippen LogP) is -0.884. The predicted molar refractivity (Wildman–Crippen MR) is 69.4 cm³/mol. The fourth-order valence-corrected chi connectivity index (χ4v) is 1.90. The molecule has 20 heavy (non-hydrogen) atoms. The normalized spacial score (nSPS) is 10.7. The van der Waals surface area contributed by atoms with Gasteiger partial charge >= 0.3 is 11.6 Å². The van der Waals surface area contributed by atoms with Crippen LogP contribution in [0.15, 0.2) is 24.3 Å². The second-order valence-corrected chi connectivity index (χ2v) is 4.01. The molecule has 8 nitrogen and oxygen atoms in total. The van der Waals surface area contributed by atoms with Gasteiger partial charge in [-0.25, -0.2) is 0 Å². The number of carbonyl (C=O) groups is 1. The van der Waals surface area contributed by atoms with Crippen LogP contribution < -0.4 is 9.74 Å². The van der Waals surface area contributed by atoms with Gasteiger partial charge in [-0.05, 0) is 6.07 Å². The molecule has 8 heteroatoms. The number of para-hydroxylation sites is 2. The van der Waals surface area contributed by atoms with Crippen LogP contribution in [-0.4, -0.2) is 34.0 Å². The van der Waals surface area contributed by atoms with Crippen molar-refractivity contribution >= 4 is 16.9 Å². The molecule has 0 radical (unpaired) electrons. The van der Waals surface area contributed by atoms with Crippen molar-refractivity contribution < 1.29 is 19.4 Å². The van der Waals surface area contributed by atoms with Gasteiger partial charge < -0.3 is 25.5 Å². The largest absolute Gasteiger partial charge is 0.805 e. The van der Waals surface area contributed by atoms with Crippen LogP contribution in [0, 0.1) is 10.1 Å².